The first-order valence-electron chi connectivity index (χ1n) is 7.46. The third-order valence-corrected chi connectivity index (χ3v) is 4.82. The largest absolute Gasteiger partial charge is 0.336 e. The van der Waals surface area contributed by atoms with Crippen molar-refractivity contribution in [1.29, 1.82) is 0 Å². The molecular weight excluding hydrogens is 282 g/mol. The third kappa shape index (κ3) is 4.07. The van der Waals surface area contributed by atoms with Crippen molar-refractivity contribution in [2.24, 2.45) is 5.73 Å². The Morgan fingerprint density at radius 3 is 2.76 bits per heavy atom. The Hall–Kier alpha value is -1.35. The lowest BCUT2D eigenvalue weighted by atomic mass is 10.1. The van der Waals surface area contributed by atoms with Crippen LogP contribution < -0.4 is 5.73 Å². The van der Waals surface area contributed by atoms with Gasteiger partial charge in [-0.1, -0.05) is 18.8 Å². The van der Waals surface area contributed by atoms with Gasteiger partial charge in [0.15, 0.2) is 0 Å². The van der Waals surface area contributed by atoms with E-state index in [9.17, 15) is 4.79 Å². The summed E-state index contributed by atoms with van der Waals surface area (Å²) in [6.45, 7) is 8.34. The van der Waals surface area contributed by atoms with E-state index < -0.39 is 0 Å². The number of nitrogens with two attached hydrogens (primary N) is 1. The van der Waals surface area contributed by atoms with Gasteiger partial charge in [-0.2, -0.15) is 0 Å². The van der Waals surface area contributed by atoms with E-state index in [-0.39, 0.29) is 5.91 Å². The summed E-state index contributed by atoms with van der Waals surface area (Å²) < 4.78 is 0. The van der Waals surface area contributed by atoms with Gasteiger partial charge in [0.05, 0.1) is 17.0 Å². The van der Waals surface area contributed by atoms with Gasteiger partial charge < -0.3 is 10.6 Å². The van der Waals surface area contributed by atoms with E-state index >= 15 is 0 Å². The highest BCUT2D eigenvalue weighted by atomic mass is 32.1. The van der Waals surface area contributed by atoms with Gasteiger partial charge in [-0.3, -0.25) is 9.69 Å². The van der Waals surface area contributed by atoms with Crippen LogP contribution in [0.25, 0.3) is 0 Å². The van der Waals surface area contributed by atoms with Crippen LogP contribution >= 0.6 is 11.3 Å². The predicted octanol–water partition coefficient (Wildman–Crippen LogP) is 1.61. The Balaban J connectivity index is 1.94. The Morgan fingerprint density at radius 2 is 2.14 bits per heavy atom. The molecule has 21 heavy (non-hydrogen) atoms. The summed E-state index contributed by atoms with van der Waals surface area (Å²) in [7, 11) is 0. The second-order valence-corrected chi connectivity index (χ2v) is 6.20. The average molecular weight is 305 g/mol. The lowest BCUT2D eigenvalue weighted by Crippen LogP contribution is -2.51. The summed E-state index contributed by atoms with van der Waals surface area (Å²) in [5.74, 6) is 5.92. The standard InChI is InChI=1S/C16H23N3OS/c1-3-13(2)18-7-9-19(10-8-18)16(20)14-11-15(21-12-14)5-4-6-17/h11-13H,3,6-10,17H2,1-2H3. The second-order valence-electron chi connectivity index (χ2n) is 5.29. The second kappa shape index (κ2) is 7.60. The van der Waals surface area contributed by atoms with E-state index in [0.717, 1.165) is 43.0 Å². The molecule has 1 amide bonds. The summed E-state index contributed by atoms with van der Waals surface area (Å²) in [4.78, 5) is 17.8. The molecule has 2 N–H and O–H groups in total. The molecule has 4 nitrogen and oxygen atoms in total. The fourth-order valence-corrected chi connectivity index (χ4v) is 3.21. The molecule has 1 atom stereocenters. The van der Waals surface area contributed by atoms with Gasteiger partial charge in [-0.15, -0.1) is 11.3 Å². The van der Waals surface area contributed by atoms with Crippen molar-refractivity contribution in [3.8, 4) is 11.8 Å². The van der Waals surface area contributed by atoms with E-state index in [1.807, 2.05) is 16.3 Å². The summed E-state index contributed by atoms with van der Waals surface area (Å²) in [6.07, 6.45) is 1.15. The summed E-state index contributed by atoms with van der Waals surface area (Å²) in [5.41, 5.74) is 6.11. The van der Waals surface area contributed by atoms with Gasteiger partial charge in [0.25, 0.3) is 5.91 Å². The Kier molecular flexibility index (Phi) is 5.80. The van der Waals surface area contributed by atoms with Crippen molar-refractivity contribution in [3.63, 3.8) is 0 Å². The monoisotopic (exact) mass is 305 g/mol. The van der Waals surface area contributed by atoms with Crippen LogP contribution in [0.15, 0.2) is 11.4 Å². The van der Waals surface area contributed by atoms with E-state index in [1.165, 1.54) is 11.3 Å². The SMILES string of the molecule is CCC(C)N1CCN(C(=O)c2csc(C#CCN)c2)CC1. The molecule has 1 unspecified atom stereocenters. The molecule has 0 aromatic carbocycles. The molecule has 0 aliphatic carbocycles. The van der Waals surface area contributed by atoms with Crippen molar-refractivity contribution in [2.75, 3.05) is 32.7 Å². The van der Waals surface area contributed by atoms with Crippen molar-refractivity contribution in [2.45, 2.75) is 26.3 Å². The van der Waals surface area contributed by atoms with E-state index in [1.54, 1.807) is 0 Å². The molecule has 1 aromatic heterocycles. The summed E-state index contributed by atoms with van der Waals surface area (Å²) in [5, 5.41) is 1.89. The summed E-state index contributed by atoms with van der Waals surface area (Å²) >= 11 is 1.50. The molecule has 1 aliphatic heterocycles. The molecule has 1 fully saturated rings. The molecule has 2 rings (SSSR count). The van der Waals surface area contributed by atoms with Crippen LogP contribution in [0.5, 0.6) is 0 Å². The van der Waals surface area contributed by atoms with Gasteiger partial charge in [0.2, 0.25) is 0 Å². The molecule has 2 heterocycles. The first kappa shape index (κ1) is 16.0. The molecule has 1 aromatic rings. The smallest absolute Gasteiger partial charge is 0.254 e. The minimum Gasteiger partial charge on any atom is -0.336 e. The van der Waals surface area contributed by atoms with E-state index in [2.05, 4.69) is 30.6 Å². The van der Waals surface area contributed by atoms with Gasteiger partial charge >= 0.3 is 0 Å². The highest BCUT2D eigenvalue weighted by molar-refractivity contribution is 7.10. The lowest BCUT2D eigenvalue weighted by Gasteiger charge is -2.37. The van der Waals surface area contributed by atoms with Gasteiger partial charge in [0, 0.05) is 37.6 Å². The van der Waals surface area contributed by atoms with Gasteiger partial charge in [-0.05, 0) is 19.4 Å². The Labute approximate surface area is 130 Å². The quantitative estimate of drug-likeness (QED) is 0.863. The normalized spacial score (nSPS) is 17.2. The molecule has 1 saturated heterocycles. The highest BCUT2D eigenvalue weighted by Crippen LogP contribution is 2.17. The number of nitrogens with zero attached hydrogens (tertiary/aromatic N) is 2. The van der Waals surface area contributed by atoms with Crippen LogP contribution in [0.4, 0.5) is 0 Å². The number of rotatable bonds is 3. The number of carbonyl (C=O) groups excluding carboxylic acids is 1. The number of amides is 1. The zero-order chi connectivity index (χ0) is 15.2. The topological polar surface area (TPSA) is 49.6 Å². The maximum absolute atomic E-state index is 12.5. The molecule has 0 bridgehead atoms. The van der Waals surface area contributed by atoms with Gasteiger partial charge in [0.1, 0.15) is 0 Å². The van der Waals surface area contributed by atoms with Crippen molar-refractivity contribution >= 4 is 17.2 Å². The maximum atomic E-state index is 12.5. The fourth-order valence-electron chi connectivity index (χ4n) is 2.46. The molecular formula is C16H23N3OS. The minimum atomic E-state index is 0.121. The van der Waals surface area contributed by atoms with Crippen LogP contribution in [0, 0.1) is 11.8 Å². The lowest BCUT2D eigenvalue weighted by molar-refractivity contribution is 0.0580. The van der Waals surface area contributed by atoms with Gasteiger partial charge in [-0.25, -0.2) is 0 Å². The number of hydrogen-bond donors (Lipinski definition) is 1. The van der Waals surface area contributed by atoms with E-state index in [0.29, 0.717) is 12.6 Å². The molecule has 0 radical (unpaired) electrons. The Bertz CT molecular complexity index is 535. The van der Waals surface area contributed by atoms with Crippen LogP contribution in [0.3, 0.4) is 0 Å². The number of hydrogen-bond acceptors (Lipinski definition) is 4. The average Bonchev–Trinajstić information content (AvgIpc) is 3.00. The predicted molar refractivity (Wildman–Crippen MR) is 87.5 cm³/mol. The molecule has 5 heteroatoms. The third-order valence-electron chi connectivity index (χ3n) is 3.98. The first-order valence-corrected chi connectivity index (χ1v) is 8.34. The van der Waals surface area contributed by atoms with Crippen molar-refractivity contribution < 1.29 is 4.79 Å². The minimum absolute atomic E-state index is 0.121. The van der Waals surface area contributed by atoms with Crippen LogP contribution in [-0.2, 0) is 0 Å². The van der Waals surface area contributed by atoms with Crippen LogP contribution in [0.2, 0.25) is 0 Å². The fraction of sp³-hybridized carbons (Fsp3) is 0.562. The molecule has 1 aliphatic rings. The number of piperazine rings is 1. The highest BCUT2D eigenvalue weighted by Gasteiger charge is 2.24. The first-order chi connectivity index (χ1) is 10.2. The van der Waals surface area contributed by atoms with E-state index in [4.69, 9.17) is 5.73 Å². The molecule has 0 saturated carbocycles. The Morgan fingerprint density at radius 1 is 1.43 bits per heavy atom. The number of thiophene rings is 1. The zero-order valence-electron chi connectivity index (χ0n) is 12.8. The molecule has 114 valence electrons. The summed E-state index contributed by atoms with van der Waals surface area (Å²) in [6, 6.07) is 2.47. The van der Waals surface area contributed by atoms with Crippen molar-refractivity contribution in [3.05, 3.63) is 21.9 Å². The zero-order valence-corrected chi connectivity index (χ0v) is 13.6. The molecule has 0 spiro atoms. The van der Waals surface area contributed by atoms with Crippen molar-refractivity contribution in [1.82, 2.24) is 9.80 Å². The maximum Gasteiger partial charge on any atom is 0.254 e. The van der Waals surface area contributed by atoms with Crippen LogP contribution in [0.1, 0.15) is 35.5 Å². The number of carbonyl (C=O) groups is 1. The van der Waals surface area contributed by atoms with Crippen LogP contribution in [-0.4, -0.2) is 54.5 Å².